The molecule has 0 amide bonds. The molecule has 0 aliphatic carbocycles. The maximum atomic E-state index is 5.88. The Labute approximate surface area is 121 Å². The smallest absolute Gasteiger partial charge is 0.169 e. The summed E-state index contributed by atoms with van der Waals surface area (Å²) >= 11 is 3.49. The first-order valence-electron chi connectivity index (χ1n) is 6.12. The summed E-state index contributed by atoms with van der Waals surface area (Å²) in [5, 5.41) is 0. The minimum absolute atomic E-state index is 0.508. The highest BCUT2D eigenvalue weighted by Gasteiger charge is 2.08. The van der Waals surface area contributed by atoms with Crippen molar-refractivity contribution in [3.8, 4) is 17.2 Å². The number of nitrogens with two attached hydrogens (primary N) is 1. The van der Waals surface area contributed by atoms with Crippen LogP contribution in [-0.2, 0) is 6.54 Å². The summed E-state index contributed by atoms with van der Waals surface area (Å²) in [6.45, 7) is 3.06. The van der Waals surface area contributed by atoms with Crippen molar-refractivity contribution in [2.75, 3.05) is 6.61 Å². The Morgan fingerprint density at radius 1 is 1.05 bits per heavy atom. The van der Waals surface area contributed by atoms with Crippen LogP contribution in [0.1, 0.15) is 12.5 Å². The third kappa shape index (κ3) is 3.49. The van der Waals surface area contributed by atoms with Gasteiger partial charge in [0.1, 0.15) is 5.75 Å². The molecule has 0 bridgehead atoms. The van der Waals surface area contributed by atoms with Crippen molar-refractivity contribution in [2.45, 2.75) is 13.5 Å². The minimum Gasteiger partial charge on any atom is -0.490 e. The number of rotatable bonds is 5. The van der Waals surface area contributed by atoms with Gasteiger partial charge in [0.2, 0.25) is 0 Å². The molecule has 2 aromatic carbocycles. The molecule has 0 saturated heterocycles. The second kappa shape index (κ2) is 6.59. The highest BCUT2D eigenvalue weighted by Crippen LogP contribution is 2.35. The molecule has 2 N–H and O–H groups in total. The van der Waals surface area contributed by atoms with E-state index in [1.807, 2.05) is 49.4 Å². The fraction of sp³-hybridized carbons (Fsp3) is 0.200. The molecule has 0 radical (unpaired) electrons. The van der Waals surface area contributed by atoms with E-state index in [9.17, 15) is 0 Å². The maximum absolute atomic E-state index is 5.88. The molecule has 0 aromatic heterocycles. The minimum atomic E-state index is 0.508. The molecule has 0 saturated carbocycles. The van der Waals surface area contributed by atoms with Gasteiger partial charge in [0.15, 0.2) is 11.5 Å². The van der Waals surface area contributed by atoms with Crippen LogP contribution in [0, 0.1) is 0 Å². The van der Waals surface area contributed by atoms with E-state index in [4.69, 9.17) is 15.2 Å². The number of hydrogen-bond acceptors (Lipinski definition) is 3. The van der Waals surface area contributed by atoms with Gasteiger partial charge in [0.05, 0.1) is 11.1 Å². The van der Waals surface area contributed by atoms with E-state index in [-0.39, 0.29) is 0 Å². The molecule has 0 aliphatic heterocycles. The molecular formula is C15H16BrNO2. The van der Waals surface area contributed by atoms with Crippen LogP contribution >= 0.6 is 15.9 Å². The Morgan fingerprint density at radius 2 is 1.79 bits per heavy atom. The van der Waals surface area contributed by atoms with E-state index < -0.39 is 0 Å². The lowest BCUT2D eigenvalue weighted by atomic mass is 10.2. The quantitative estimate of drug-likeness (QED) is 0.901. The molecule has 0 spiro atoms. The highest BCUT2D eigenvalue weighted by atomic mass is 79.9. The Bertz CT molecular complexity index is 558. The average Bonchev–Trinajstić information content (AvgIpc) is 2.43. The van der Waals surface area contributed by atoms with Gasteiger partial charge >= 0.3 is 0 Å². The van der Waals surface area contributed by atoms with Crippen LogP contribution in [0.3, 0.4) is 0 Å². The second-order valence-corrected chi connectivity index (χ2v) is 4.81. The molecule has 0 unspecified atom stereocenters. The number of hydrogen-bond donors (Lipinski definition) is 1. The van der Waals surface area contributed by atoms with Crippen LogP contribution in [0.15, 0.2) is 46.9 Å². The Balaban J connectivity index is 2.26. The van der Waals surface area contributed by atoms with Crippen LogP contribution in [-0.4, -0.2) is 6.61 Å². The van der Waals surface area contributed by atoms with E-state index in [0.717, 1.165) is 21.5 Å². The number of para-hydroxylation sites is 2. The molecule has 2 rings (SSSR count). The molecule has 0 atom stereocenters. The summed E-state index contributed by atoms with van der Waals surface area (Å²) in [5.41, 5.74) is 6.66. The van der Waals surface area contributed by atoms with Crippen LogP contribution in [0.2, 0.25) is 0 Å². The maximum Gasteiger partial charge on any atom is 0.169 e. The Kier molecular flexibility index (Phi) is 4.82. The fourth-order valence-corrected chi connectivity index (χ4v) is 2.19. The van der Waals surface area contributed by atoms with Crippen molar-refractivity contribution in [1.82, 2.24) is 0 Å². The first-order valence-corrected chi connectivity index (χ1v) is 6.92. The summed E-state index contributed by atoms with van der Waals surface area (Å²) in [6.07, 6.45) is 0. The molecule has 4 heteroatoms. The molecule has 0 aliphatic rings. The monoisotopic (exact) mass is 321 g/mol. The predicted molar refractivity (Wildman–Crippen MR) is 79.7 cm³/mol. The highest BCUT2D eigenvalue weighted by molar-refractivity contribution is 9.10. The zero-order chi connectivity index (χ0) is 13.7. The van der Waals surface area contributed by atoms with Gasteiger partial charge in [-0.2, -0.15) is 0 Å². The third-order valence-electron chi connectivity index (χ3n) is 2.60. The fourth-order valence-electron chi connectivity index (χ4n) is 1.68. The van der Waals surface area contributed by atoms with Crippen LogP contribution < -0.4 is 15.2 Å². The SMILES string of the molecule is CCOc1ccccc1Oc1ccc(CN)cc1Br. The standard InChI is InChI=1S/C15H16BrNO2/c1-2-18-14-5-3-4-6-15(14)19-13-8-7-11(10-17)9-12(13)16/h3-9H,2,10,17H2,1H3. The van der Waals surface area contributed by atoms with Crippen molar-refractivity contribution in [3.05, 3.63) is 52.5 Å². The summed E-state index contributed by atoms with van der Waals surface area (Å²) in [4.78, 5) is 0. The van der Waals surface area contributed by atoms with Crippen LogP contribution in [0.5, 0.6) is 17.2 Å². The van der Waals surface area contributed by atoms with E-state index >= 15 is 0 Å². The molecule has 0 fully saturated rings. The summed E-state index contributed by atoms with van der Waals surface area (Å²) in [6, 6.07) is 13.4. The van der Waals surface area contributed by atoms with E-state index in [1.165, 1.54) is 0 Å². The van der Waals surface area contributed by atoms with Gasteiger partial charge < -0.3 is 15.2 Å². The largest absolute Gasteiger partial charge is 0.490 e. The number of ether oxygens (including phenoxy) is 2. The Morgan fingerprint density at radius 3 is 2.42 bits per heavy atom. The second-order valence-electron chi connectivity index (χ2n) is 3.95. The van der Waals surface area contributed by atoms with Crippen molar-refractivity contribution in [1.29, 1.82) is 0 Å². The van der Waals surface area contributed by atoms with Gasteiger partial charge in [-0.15, -0.1) is 0 Å². The van der Waals surface area contributed by atoms with Crippen molar-refractivity contribution >= 4 is 15.9 Å². The molecule has 19 heavy (non-hydrogen) atoms. The molecule has 3 nitrogen and oxygen atoms in total. The normalized spacial score (nSPS) is 10.3. The van der Waals surface area contributed by atoms with Crippen molar-refractivity contribution in [2.24, 2.45) is 5.73 Å². The summed E-state index contributed by atoms with van der Waals surface area (Å²) in [7, 11) is 0. The lowest BCUT2D eigenvalue weighted by Gasteiger charge is -2.12. The van der Waals surface area contributed by atoms with Gasteiger partial charge in [-0.3, -0.25) is 0 Å². The van der Waals surface area contributed by atoms with Gasteiger partial charge in [0, 0.05) is 6.54 Å². The average molecular weight is 322 g/mol. The first-order chi connectivity index (χ1) is 9.24. The molecule has 2 aromatic rings. The third-order valence-corrected chi connectivity index (χ3v) is 3.22. The van der Waals surface area contributed by atoms with Gasteiger partial charge in [-0.1, -0.05) is 18.2 Å². The van der Waals surface area contributed by atoms with Gasteiger partial charge in [-0.05, 0) is 52.7 Å². The van der Waals surface area contributed by atoms with Crippen LogP contribution in [0.4, 0.5) is 0 Å². The van der Waals surface area contributed by atoms with E-state index in [2.05, 4.69) is 15.9 Å². The van der Waals surface area contributed by atoms with Gasteiger partial charge in [0.25, 0.3) is 0 Å². The van der Waals surface area contributed by atoms with Crippen molar-refractivity contribution in [3.63, 3.8) is 0 Å². The lowest BCUT2D eigenvalue weighted by Crippen LogP contribution is -1.97. The van der Waals surface area contributed by atoms with E-state index in [1.54, 1.807) is 0 Å². The zero-order valence-corrected chi connectivity index (χ0v) is 12.3. The molecule has 0 heterocycles. The Hall–Kier alpha value is -1.52. The van der Waals surface area contributed by atoms with Crippen molar-refractivity contribution < 1.29 is 9.47 Å². The molecular weight excluding hydrogens is 306 g/mol. The predicted octanol–water partition coefficient (Wildman–Crippen LogP) is 4.10. The lowest BCUT2D eigenvalue weighted by molar-refractivity contribution is 0.321. The summed E-state index contributed by atoms with van der Waals surface area (Å²) in [5.74, 6) is 2.18. The zero-order valence-electron chi connectivity index (χ0n) is 10.7. The van der Waals surface area contributed by atoms with Gasteiger partial charge in [-0.25, -0.2) is 0 Å². The summed E-state index contributed by atoms with van der Waals surface area (Å²) < 4.78 is 12.3. The topological polar surface area (TPSA) is 44.5 Å². The van der Waals surface area contributed by atoms with Crippen LogP contribution in [0.25, 0.3) is 0 Å². The van der Waals surface area contributed by atoms with E-state index in [0.29, 0.717) is 18.9 Å². The molecule has 100 valence electrons. The first kappa shape index (κ1) is 13.9. The number of halogens is 1. The number of benzene rings is 2.